The minimum Gasteiger partial charge on any atom is -0.378 e. The Hall–Kier alpha value is -1.35. The molecule has 0 radical (unpaired) electrons. The lowest BCUT2D eigenvalue weighted by Crippen LogP contribution is -2.10. The molecule has 2 rings (SSSR count). The van der Waals surface area contributed by atoms with Gasteiger partial charge in [0, 0.05) is 11.3 Å². The third-order valence-electron chi connectivity index (χ3n) is 2.54. The third kappa shape index (κ3) is 1.30. The van der Waals surface area contributed by atoms with E-state index in [0.29, 0.717) is 11.5 Å². The van der Waals surface area contributed by atoms with Gasteiger partial charge in [0.05, 0.1) is 0 Å². The highest BCUT2D eigenvalue weighted by Crippen LogP contribution is 2.32. The van der Waals surface area contributed by atoms with E-state index in [1.807, 2.05) is 18.2 Å². The van der Waals surface area contributed by atoms with Gasteiger partial charge in [0.2, 0.25) is 0 Å². The molecule has 1 aromatic carbocycles. The Kier molecular flexibility index (Phi) is 2.04. The first-order valence-corrected chi connectivity index (χ1v) is 4.72. The topological polar surface area (TPSA) is 49.3 Å². The van der Waals surface area contributed by atoms with Crippen LogP contribution in [-0.2, 0) is 4.79 Å². The van der Waals surface area contributed by atoms with Crippen molar-refractivity contribution in [3.8, 4) is 0 Å². The predicted molar refractivity (Wildman–Crippen MR) is 54.1 cm³/mol. The van der Waals surface area contributed by atoms with Crippen LogP contribution in [0.25, 0.3) is 0 Å². The lowest BCUT2D eigenvalue weighted by Gasteiger charge is -2.07. The van der Waals surface area contributed by atoms with E-state index < -0.39 is 6.10 Å². The van der Waals surface area contributed by atoms with Crippen molar-refractivity contribution in [2.75, 3.05) is 5.32 Å². The quantitative estimate of drug-likeness (QED) is 0.711. The highest BCUT2D eigenvalue weighted by atomic mass is 16.3. The van der Waals surface area contributed by atoms with Crippen LogP contribution in [0.1, 0.15) is 37.0 Å². The van der Waals surface area contributed by atoms with E-state index in [4.69, 9.17) is 0 Å². The van der Waals surface area contributed by atoms with E-state index in [1.165, 1.54) is 0 Å². The van der Waals surface area contributed by atoms with Gasteiger partial charge >= 0.3 is 0 Å². The maximum Gasteiger partial charge on any atom is 0.257 e. The highest BCUT2D eigenvalue weighted by Gasteiger charge is 2.28. The van der Waals surface area contributed by atoms with E-state index in [0.717, 1.165) is 11.3 Å². The van der Waals surface area contributed by atoms with Crippen molar-refractivity contribution in [2.45, 2.75) is 25.9 Å². The molecule has 1 aliphatic heterocycles. The molecule has 0 bridgehead atoms. The van der Waals surface area contributed by atoms with Crippen molar-refractivity contribution in [1.82, 2.24) is 0 Å². The molecule has 0 saturated heterocycles. The number of hydrogen-bond donors (Lipinski definition) is 2. The van der Waals surface area contributed by atoms with Crippen LogP contribution in [0, 0.1) is 0 Å². The fraction of sp³-hybridized carbons (Fsp3) is 0.364. The van der Waals surface area contributed by atoms with Crippen LogP contribution >= 0.6 is 0 Å². The number of carbonyl (C=O) groups is 1. The number of benzene rings is 1. The van der Waals surface area contributed by atoms with Gasteiger partial charge in [-0.3, -0.25) is 4.79 Å². The standard InChI is InChI=1S/C11H13NO2/c1-6(2)7-3-4-9-8(5-7)10(13)11(14)12-9/h3-6,10,13H,1-2H3,(H,12,14). The number of anilines is 1. The molecule has 0 aliphatic carbocycles. The van der Waals surface area contributed by atoms with Gasteiger partial charge in [-0.2, -0.15) is 0 Å². The minimum atomic E-state index is -0.997. The van der Waals surface area contributed by atoms with Crippen LogP contribution in [0.2, 0.25) is 0 Å². The number of aliphatic hydroxyl groups excluding tert-OH is 1. The van der Waals surface area contributed by atoms with Crippen molar-refractivity contribution >= 4 is 11.6 Å². The van der Waals surface area contributed by atoms with Gasteiger partial charge in [0.25, 0.3) is 5.91 Å². The predicted octanol–water partition coefficient (Wildman–Crippen LogP) is 1.80. The molecule has 0 saturated carbocycles. The summed E-state index contributed by atoms with van der Waals surface area (Å²) in [6, 6.07) is 5.71. The Morgan fingerprint density at radius 1 is 1.43 bits per heavy atom. The summed E-state index contributed by atoms with van der Waals surface area (Å²) < 4.78 is 0. The van der Waals surface area contributed by atoms with Crippen molar-refractivity contribution in [3.63, 3.8) is 0 Å². The summed E-state index contributed by atoms with van der Waals surface area (Å²) in [6.07, 6.45) is -0.997. The van der Waals surface area contributed by atoms with Crippen LogP contribution in [0.5, 0.6) is 0 Å². The Balaban J connectivity index is 2.46. The van der Waals surface area contributed by atoms with Crippen LogP contribution in [0.3, 0.4) is 0 Å². The van der Waals surface area contributed by atoms with Crippen molar-refractivity contribution in [3.05, 3.63) is 29.3 Å². The summed E-state index contributed by atoms with van der Waals surface area (Å²) >= 11 is 0. The molecule has 74 valence electrons. The molecule has 2 N–H and O–H groups in total. The van der Waals surface area contributed by atoms with Gasteiger partial charge < -0.3 is 10.4 Å². The molecule has 1 heterocycles. The molecule has 3 nitrogen and oxygen atoms in total. The molecule has 14 heavy (non-hydrogen) atoms. The number of amides is 1. The Morgan fingerprint density at radius 3 is 2.79 bits per heavy atom. The molecule has 0 spiro atoms. The number of rotatable bonds is 1. The zero-order valence-electron chi connectivity index (χ0n) is 8.24. The SMILES string of the molecule is CC(C)c1ccc2c(c1)C(O)C(=O)N2. The zero-order chi connectivity index (χ0) is 10.3. The third-order valence-corrected chi connectivity index (χ3v) is 2.54. The Bertz CT molecular complexity index is 385. The number of nitrogens with one attached hydrogen (secondary N) is 1. The fourth-order valence-corrected chi connectivity index (χ4v) is 1.62. The van der Waals surface area contributed by atoms with Crippen LogP contribution in [0.4, 0.5) is 5.69 Å². The zero-order valence-corrected chi connectivity index (χ0v) is 8.24. The van der Waals surface area contributed by atoms with E-state index >= 15 is 0 Å². The molecule has 1 amide bonds. The van der Waals surface area contributed by atoms with Gasteiger partial charge in [-0.05, 0) is 17.5 Å². The summed E-state index contributed by atoms with van der Waals surface area (Å²) in [7, 11) is 0. The van der Waals surface area contributed by atoms with Crippen molar-refractivity contribution in [2.24, 2.45) is 0 Å². The largest absolute Gasteiger partial charge is 0.378 e. The second kappa shape index (κ2) is 3.10. The summed E-state index contributed by atoms with van der Waals surface area (Å²) in [6.45, 7) is 4.16. The first-order valence-electron chi connectivity index (χ1n) is 4.72. The van der Waals surface area contributed by atoms with E-state index in [9.17, 15) is 9.90 Å². The van der Waals surface area contributed by atoms with Crippen LogP contribution in [-0.4, -0.2) is 11.0 Å². The van der Waals surface area contributed by atoms with Crippen LogP contribution in [0.15, 0.2) is 18.2 Å². The average molecular weight is 191 g/mol. The fourth-order valence-electron chi connectivity index (χ4n) is 1.62. The second-order valence-electron chi connectivity index (χ2n) is 3.89. The number of hydrogen-bond acceptors (Lipinski definition) is 2. The monoisotopic (exact) mass is 191 g/mol. The van der Waals surface area contributed by atoms with Crippen LogP contribution < -0.4 is 5.32 Å². The van der Waals surface area contributed by atoms with Gasteiger partial charge in [-0.1, -0.05) is 26.0 Å². The molecule has 0 fully saturated rings. The van der Waals surface area contributed by atoms with E-state index in [1.54, 1.807) is 0 Å². The lowest BCUT2D eigenvalue weighted by atomic mass is 9.99. The highest BCUT2D eigenvalue weighted by molar-refractivity contribution is 6.01. The van der Waals surface area contributed by atoms with Gasteiger partial charge in [-0.15, -0.1) is 0 Å². The smallest absolute Gasteiger partial charge is 0.257 e. The number of carbonyl (C=O) groups excluding carboxylic acids is 1. The molecule has 1 unspecified atom stereocenters. The number of aliphatic hydroxyl groups is 1. The van der Waals surface area contributed by atoms with E-state index in [-0.39, 0.29) is 5.91 Å². The number of fused-ring (bicyclic) bond motifs is 1. The van der Waals surface area contributed by atoms with Crippen molar-refractivity contribution in [1.29, 1.82) is 0 Å². The normalized spacial score (nSPS) is 19.7. The van der Waals surface area contributed by atoms with Gasteiger partial charge in [-0.25, -0.2) is 0 Å². The molecule has 1 atom stereocenters. The van der Waals surface area contributed by atoms with Gasteiger partial charge in [0.15, 0.2) is 6.10 Å². The molecule has 3 heteroatoms. The average Bonchev–Trinajstić information content (AvgIpc) is 2.43. The molecule has 1 aliphatic rings. The minimum absolute atomic E-state index is 0.332. The summed E-state index contributed by atoms with van der Waals surface area (Å²) in [4.78, 5) is 11.2. The maximum atomic E-state index is 11.2. The Morgan fingerprint density at radius 2 is 2.14 bits per heavy atom. The molecule has 0 aromatic heterocycles. The summed E-state index contributed by atoms with van der Waals surface area (Å²) in [5, 5.41) is 12.2. The molecular weight excluding hydrogens is 178 g/mol. The second-order valence-corrected chi connectivity index (χ2v) is 3.89. The first-order chi connectivity index (χ1) is 6.59. The Labute approximate surface area is 82.8 Å². The summed E-state index contributed by atoms with van der Waals surface area (Å²) in [5.74, 6) is 0.0732. The lowest BCUT2D eigenvalue weighted by molar-refractivity contribution is -0.123. The van der Waals surface area contributed by atoms with E-state index in [2.05, 4.69) is 19.2 Å². The first kappa shape index (κ1) is 9.21. The molecule has 1 aromatic rings. The molecular formula is C11H13NO2. The maximum absolute atomic E-state index is 11.2. The van der Waals surface area contributed by atoms with Gasteiger partial charge in [0.1, 0.15) is 0 Å². The summed E-state index contributed by atoms with van der Waals surface area (Å²) in [5.41, 5.74) is 2.56. The van der Waals surface area contributed by atoms with Crippen molar-refractivity contribution < 1.29 is 9.90 Å².